The minimum Gasteiger partial charge on any atom is -0.444 e. The molecule has 1 atom stereocenters. The molecular formula is C15H29N3O3. The van der Waals surface area contributed by atoms with Gasteiger partial charge in [-0.1, -0.05) is 0 Å². The van der Waals surface area contributed by atoms with Crippen LogP contribution in [0.3, 0.4) is 0 Å². The summed E-state index contributed by atoms with van der Waals surface area (Å²) in [6.45, 7) is 9.72. The van der Waals surface area contributed by atoms with E-state index in [4.69, 9.17) is 4.74 Å². The Hall–Kier alpha value is -1.30. The number of nitrogens with zero attached hydrogens (tertiary/aromatic N) is 1. The highest BCUT2D eigenvalue weighted by Crippen LogP contribution is 2.19. The van der Waals surface area contributed by atoms with Gasteiger partial charge in [-0.15, -0.1) is 0 Å². The van der Waals surface area contributed by atoms with Gasteiger partial charge < -0.3 is 20.3 Å². The van der Waals surface area contributed by atoms with E-state index >= 15 is 0 Å². The molecule has 2 amide bonds. The van der Waals surface area contributed by atoms with Gasteiger partial charge in [-0.05, 0) is 53.0 Å². The van der Waals surface area contributed by atoms with E-state index in [1.165, 1.54) is 0 Å². The molecular weight excluding hydrogens is 270 g/mol. The van der Waals surface area contributed by atoms with Gasteiger partial charge in [0.25, 0.3) is 0 Å². The van der Waals surface area contributed by atoms with Crippen molar-refractivity contribution in [3.63, 3.8) is 0 Å². The molecule has 0 aromatic rings. The van der Waals surface area contributed by atoms with E-state index in [2.05, 4.69) is 10.6 Å². The molecule has 21 heavy (non-hydrogen) atoms. The number of rotatable bonds is 4. The first-order chi connectivity index (χ1) is 9.73. The van der Waals surface area contributed by atoms with Gasteiger partial charge in [0.05, 0.1) is 6.04 Å². The van der Waals surface area contributed by atoms with Crippen molar-refractivity contribution in [2.24, 2.45) is 5.92 Å². The molecule has 2 N–H and O–H groups in total. The van der Waals surface area contributed by atoms with E-state index in [0.717, 1.165) is 32.5 Å². The van der Waals surface area contributed by atoms with Gasteiger partial charge >= 0.3 is 6.09 Å². The lowest BCUT2D eigenvalue weighted by molar-refractivity contribution is -0.122. The zero-order chi connectivity index (χ0) is 16.0. The first-order valence-electron chi connectivity index (χ1n) is 7.66. The fourth-order valence-corrected chi connectivity index (χ4v) is 2.30. The predicted octanol–water partition coefficient (Wildman–Crippen LogP) is 1.36. The Bertz CT molecular complexity index is 358. The van der Waals surface area contributed by atoms with E-state index in [1.807, 2.05) is 27.7 Å². The van der Waals surface area contributed by atoms with Crippen LogP contribution < -0.4 is 10.6 Å². The first kappa shape index (κ1) is 17.8. The Labute approximate surface area is 127 Å². The van der Waals surface area contributed by atoms with Gasteiger partial charge in [-0.2, -0.15) is 0 Å². The van der Waals surface area contributed by atoms with Crippen molar-refractivity contribution in [2.75, 3.05) is 26.7 Å². The molecule has 0 aromatic carbocycles. The van der Waals surface area contributed by atoms with Crippen LogP contribution >= 0.6 is 0 Å². The van der Waals surface area contributed by atoms with Crippen molar-refractivity contribution >= 4 is 12.0 Å². The molecule has 6 nitrogen and oxygen atoms in total. The Morgan fingerprint density at radius 1 is 1.29 bits per heavy atom. The lowest BCUT2D eigenvalue weighted by Crippen LogP contribution is -2.46. The van der Waals surface area contributed by atoms with E-state index in [-0.39, 0.29) is 18.0 Å². The summed E-state index contributed by atoms with van der Waals surface area (Å²) in [5, 5.41) is 5.86. The van der Waals surface area contributed by atoms with Gasteiger partial charge in [-0.25, -0.2) is 4.79 Å². The van der Waals surface area contributed by atoms with Crippen LogP contribution in [0.2, 0.25) is 0 Å². The van der Waals surface area contributed by atoms with Crippen molar-refractivity contribution in [3.8, 4) is 0 Å². The number of carbonyl (C=O) groups excluding carboxylic acids is 2. The second-order valence-corrected chi connectivity index (χ2v) is 6.65. The van der Waals surface area contributed by atoms with Crippen molar-refractivity contribution in [3.05, 3.63) is 0 Å². The van der Waals surface area contributed by atoms with Crippen LogP contribution in [0, 0.1) is 5.92 Å². The summed E-state index contributed by atoms with van der Waals surface area (Å²) in [5.41, 5.74) is -0.446. The van der Waals surface area contributed by atoms with Crippen molar-refractivity contribution < 1.29 is 14.3 Å². The second-order valence-electron chi connectivity index (χ2n) is 6.65. The summed E-state index contributed by atoms with van der Waals surface area (Å²) in [4.78, 5) is 25.1. The Kier molecular flexibility index (Phi) is 6.45. The van der Waals surface area contributed by atoms with Crippen LogP contribution in [0.25, 0.3) is 0 Å². The molecule has 0 spiro atoms. The van der Waals surface area contributed by atoms with E-state index in [9.17, 15) is 9.59 Å². The van der Waals surface area contributed by atoms with Gasteiger partial charge in [-0.3, -0.25) is 4.79 Å². The number of hydrogen-bond acceptors (Lipinski definition) is 4. The summed E-state index contributed by atoms with van der Waals surface area (Å²) < 4.78 is 5.38. The van der Waals surface area contributed by atoms with Crippen LogP contribution in [0.1, 0.15) is 40.5 Å². The quantitative estimate of drug-likeness (QED) is 0.822. The Balaban J connectivity index is 2.29. The number of likely N-dealkylation sites (N-methyl/N-ethyl adjacent to an activating group) is 1. The highest BCUT2D eigenvalue weighted by molar-refractivity contribution is 5.80. The number of likely N-dealkylation sites (tertiary alicyclic amines) is 1. The summed E-state index contributed by atoms with van der Waals surface area (Å²) in [6.07, 6.45) is 1.65. The van der Waals surface area contributed by atoms with Gasteiger partial charge in [0, 0.05) is 20.1 Å². The maximum Gasteiger partial charge on any atom is 0.410 e. The molecule has 1 fully saturated rings. The molecule has 1 aliphatic heterocycles. The number of hydrogen-bond donors (Lipinski definition) is 2. The number of carbonyl (C=O) groups is 2. The summed E-state index contributed by atoms with van der Waals surface area (Å²) in [7, 11) is 1.64. The fraction of sp³-hybridized carbons (Fsp3) is 0.867. The largest absolute Gasteiger partial charge is 0.444 e. The van der Waals surface area contributed by atoms with Gasteiger partial charge in [0.15, 0.2) is 0 Å². The van der Waals surface area contributed by atoms with Crippen LogP contribution in [-0.2, 0) is 9.53 Å². The highest BCUT2D eigenvalue weighted by atomic mass is 16.6. The smallest absolute Gasteiger partial charge is 0.410 e. The third kappa shape index (κ3) is 6.33. The van der Waals surface area contributed by atoms with Crippen LogP contribution in [0.5, 0.6) is 0 Å². The zero-order valence-corrected chi connectivity index (χ0v) is 13.9. The molecule has 0 radical (unpaired) electrons. The second kappa shape index (κ2) is 7.64. The van der Waals surface area contributed by atoms with Gasteiger partial charge in [0.2, 0.25) is 5.91 Å². The Morgan fingerprint density at radius 3 is 2.33 bits per heavy atom. The predicted molar refractivity (Wildman–Crippen MR) is 82.1 cm³/mol. The number of nitrogens with one attached hydrogen (secondary N) is 2. The zero-order valence-electron chi connectivity index (χ0n) is 13.9. The molecule has 1 unspecified atom stereocenters. The summed E-state index contributed by atoms with van der Waals surface area (Å²) in [6, 6.07) is -0.182. The third-order valence-electron chi connectivity index (χ3n) is 3.62. The molecule has 1 aliphatic rings. The molecule has 0 aliphatic carbocycles. The number of piperidine rings is 1. The molecule has 1 heterocycles. The highest BCUT2D eigenvalue weighted by Gasteiger charge is 2.27. The monoisotopic (exact) mass is 299 g/mol. The lowest BCUT2D eigenvalue weighted by atomic mass is 9.97. The topological polar surface area (TPSA) is 70.7 Å². The van der Waals surface area contributed by atoms with Crippen LogP contribution in [-0.4, -0.2) is 55.2 Å². The SMILES string of the molecule is CNC(=O)C(C)NCC1CCN(C(=O)OC(C)(C)C)CC1. The maximum atomic E-state index is 11.9. The number of amides is 2. The minimum atomic E-state index is -0.446. The molecule has 0 aromatic heterocycles. The third-order valence-corrected chi connectivity index (χ3v) is 3.62. The molecule has 0 saturated carbocycles. The number of ether oxygens (including phenoxy) is 1. The first-order valence-corrected chi connectivity index (χ1v) is 7.66. The van der Waals surface area contributed by atoms with Crippen LogP contribution in [0.15, 0.2) is 0 Å². The van der Waals surface area contributed by atoms with Crippen molar-refractivity contribution in [2.45, 2.75) is 52.2 Å². The van der Waals surface area contributed by atoms with E-state index < -0.39 is 5.60 Å². The van der Waals surface area contributed by atoms with Crippen molar-refractivity contribution in [1.82, 2.24) is 15.5 Å². The summed E-state index contributed by atoms with van der Waals surface area (Å²) >= 11 is 0. The average molecular weight is 299 g/mol. The van der Waals surface area contributed by atoms with Gasteiger partial charge in [0.1, 0.15) is 5.60 Å². The fourth-order valence-electron chi connectivity index (χ4n) is 2.30. The molecule has 122 valence electrons. The Morgan fingerprint density at radius 2 is 1.86 bits per heavy atom. The molecule has 0 bridgehead atoms. The molecule has 1 saturated heterocycles. The molecule has 6 heteroatoms. The van der Waals surface area contributed by atoms with Crippen LogP contribution in [0.4, 0.5) is 4.79 Å². The van der Waals surface area contributed by atoms with E-state index in [1.54, 1.807) is 11.9 Å². The molecule has 1 rings (SSSR count). The lowest BCUT2D eigenvalue weighted by Gasteiger charge is -2.33. The van der Waals surface area contributed by atoms with Crippen molar-refractivity contribution in [1.29, 1.82) is 0 Å². The maximum absolute atomic E-state index is 11.9. The standard InChI is InChI=1S/C15H29N3O3/c1-11(13(19)16-5)17-10-12-6-8-18(9-7-12)14(20)21-15(2,3)4/h11-12,17H,6-10H2,1-5H3,(H,16,19). The minimum absolute atomic E-state index is 0.00110. The van der Waals surface area contributed by atoms with E-state index in [0.29, 0.717) is 5.92 Å². The normalized spacial score (nSPS) is 18.2. The summed E-state index contributed by atoms with van der Waals surface area (Å²) in [5.74, 6) is 0.497. The average Bonchev–Trinajstić information content (AvgIpc) is 2.42.